The lowest BCUT2D eigenvalue weighted by Gasteiger charge is -2.24. The molecule has 13 heteroatoms. The van der Waals surface area contributed by atoms with Crippen molar-refractivity contribution in [3.8, 4) is 0 Å². The van der Waals surface area contributed by atoms with Crippen LogP contribution < -0.4 is 11.5 Å². The Morgan fingerprint density at radius 2 is 1.94 bits per heavy atom. The number of rotatable bonds is 4. The highest BCUT2D eigenvalue weighted by molar-refractivity contribution is 7.89. The van der Waals surface area contributed by atoms with Gasteiger partial charge in [-0.3, -0.25) is 0 Å². The maximum Gasteiger partial charge on any atom is 0.268 e. The van der Waals surface area contributed by atoms with Crippen molar-refractivity contribution in [2.45, 2.75) is 42.3 Å². The Morgan fingerprint density at radius 1 is 1.15 bits per heavy atom. The zero-order chi connectivity index (χ0) is 23.5. The van der Waals surface area contributed by atoms with Gasteiger partial charge in [-0.05, 0) is 36.6 Å². The summed E-state index contributed by atoms with van der Waals surface area (Å²) >= 11 is 0. The highest BCUT2D eigenvalue weighted by Gasteiger charge is 2.43. The molecule has 4 atom stereocenters. The van der Waals surface area contributed by atoms with Crippen LogP contribution in [0.4, 0.5) is 11.5 Å². The summed E-state index contributed by atoms with van der Waals surface area (Å²) in [5.41, 5.74) is 13.2. The lowest BCUT2D eigenvalue weighted by atomic mass is 10.0. The van der Waals surface area contributed by atoms with Crippen molar-refractivity contribution in [2.75, 3.05) is 12.8 Å². The average Bonchev–Trinajstić information content (AvgIpc) is 3.33. The second-order valence-electron chi connectivity index (χ2n) is 8.05. The third-order valence-corrected chi connectivity index (χ3v) is 7.90. The molecule has 1 fully saturated rings. The Labute approximate surface area is 189 Å². The number of aliphatic hydroxyl groups is 2. The molecular weight excluding hydrogens is 450 g/mol. The quantitative estimate of drug-likeness (QED) is 0.400. The second-order valence-corrected chi connectivity index (χ2v) is 9.99. The predicted octanol–water partition coefficient (Wildman–Crippen LogP) is -0.154. The summed E-state index contributed by atoms with van der Waals surface area (Å²) in [5.74, 6) is 0.204. The minimum Gasteiger partial charge on any atom is -0.388 e. The molecule has 4 heterocycles. The zero-order valence-electron chi connectivity index (χ0n) is 17.6. The largest absolute Gasteiger partial charge is 0.388 e. The molecule has 0 radical (unpaired) electrons. The van der Waals surface area contributed by atoms with Gasteiger partial charge in [0, 0.05) is 13.2 Å². The molecule has 2 aliphatic heterocycles. The van der Waals surface area contributed by atoms with Crippen LogP contribution in [0.1, 0.15) is 18.2 Å². The molecule has 3 aromatic rings. The van der Waals surface area contributed by atoms with Crippen molar-refractivity contribution < 1.29 is 23.4 Å². The van der Waals surface area contributed by atoms with Gasteiger partial charge in [-0.15, -0.1) is 0 Å². The second kappa shape index (κ2) is 7.66. The standard InChI is InChI=1S/C20H23N7O5S/c1-26-20(22)25-12-8-10(3-5-14(12)33(26,30)31)2-4-13-15(28)16(29)19(32-13)27-7-6-11-17(21)23-9-24-18(11)27/h3,5-9,13,15-16,19,28-29H,2,4H2,1H3,(H2,22,25)(H2,21,23,24)/t13-,15-,16-,19-/m1/s1. The first-order chi connectivity index (χ1) is 15.7. The number of ether oxygens (including phenoxy) is 1. The van der Waals surface area contributed by atoms with Gasteiger partial charge < -0.3 is 31.0 Å². The molecule has 2 aliphatic rings. The van der Waals surface area contributed by atoms with Crippen LogP contribution in [0.5, 0.6) is 0 Å². The van der Waals surface area contributed by atoms with Gasteiger partial charge in [0.1, 0.15) is 34.9 Å². The number of anilines is 1. The van der Waals surface area contributed by atoms with E-state index >= 15 is 0 Å². The summed E-state index contributed by atoms with van der Waals surface area (Å²) in [6.07, 6.45) is 0.0694. The number of fused-ring (bicyclic) bond motifs is 2. The van der Waals surface area contributed by atoms with E-state index in [4.69, 9.17) is 16.2 Å². The van der Waals surface area contributed by atoms with Crippen LogP contribution in [0.25, 0.3) is 11.0 Å². The molecule has 0 aliphatic carbocycles. The van der Waals surface area contributed by atoms with E-state index in [2.05, 4.69) is 15.0 Å². The van der Waals surface area contributed by atoms with Crippen molar-refractivity contribution in [3.63, 3.8) is 0 Å². The maximum absolute atomic E-state index is 12.5. The Kier molecular flexibility index (Phi) is 5.01. The lowest BCUT2D eigenvalue weighted by Crippen LogP contribution is -2.40. The van der Waals surface area contributed by atoms with Crippen molar-refractivity contribution in [2.24, 2.45) is 10.7 Å². The van der Waals surface area contributed by atoms with E-state index in [1.54, 1.807) is 29.0 Å². The summed E-state index contributed by atoms with van der Waals surface area (Å²) in [6, 6.07) is 6.56. The van der Waals surface area contributed by atoms with E-state index in [-0.39, 0.29) is 16.5 Å². The summed E-state index contributed by atoms with van der Waals surface area (Å²) in [6.45, 7) is 0. The summed E-state index contributed by atoms with van der Waals surface area (Å²) in [7, 11) is -2.38. The Bertz CT molecular complexity index is 1370. The molecular formula is C20H23N7O5S. The van der Waals surface area contributed by atoms with Gasteiger partial charge in [-0.25, -0.2) is 27.7 Å². The highest BCUT2D eigenvalue weighted by Crippen LogP contribution is 2.36. The summed E-state index contributed by atoms with van der Waals surface area (Å²) in [5, 5.41) is 21.8. The van der Waals surface area contributed by atoms with Crippen molar-refractivity contribution >= 4 is 38.5 Å². The van der Waals surface area contributed by atoms with Gasteiger partial charge in [-0.1, -0.05) is 6.07 Å². The van der Waals surface area contributed by atoms with Crippen LogP contribution in [0.15, 0.2) is 46.7 Å². The number of nitrogen functional groups attached to an aromatic ring is 1. The molecule has 33 heavy (non-hydrogen) atoms. The molecule has 0 spiro atoms. The van der Waals surface area contributed by atoms with Gasteiger partial charge >= 0.3 is 0 Å². The van der Waals surface area contributed by atoms with E-state index in [0.29, 0.717) is 29.7 Å². The number of nitrogens with two attached hydrogens (primary N) is 2. The Hall–Kier alpha value is -3.26. The fraction of sp³-hybridized carbons (Fsp3) is 0.350. The zero-order valence-corrected chi connectivity index (χ0v) is 18.4. The Morgan fingerprint density at radius 3 is 2.73 bits per heavy atom. The monoisotopic (exact) mass is 473 g/mol. The SMILES string of the molecule is CN1C(N)=Nc2cc(CC[C@H]3O[C@@H](n4ccc5c(N)ncnc54)[C@H](O)[C@@H]3O)ccc2S1(=O)=O. The lowest BCUT2D eigenvalue weighted by molar-refractivity contribution is -0.0364. The highest BCUT2D eigenvalue weighted by atomic mass is 32.2. The molecule has 1 saturated heterocycles. The molecule has 0 unspecified atom stereocenters. The summed E-state index contributed by atoms with van der Waals surface area (Å²) < 4.78 is 33.5. The van der Waals surface area contributed by atoms with Crippen LogP contribution in [0.3, 0.4) is 0 Å². The van der Waals surface area contributed by atoms with Gasteiger partial charge in [0.2, 0.25) is 5.96 Å². The summed E-state index contributed by atoms with van der Waals surface area (Å²) in [4.78, 5) is 12.4. The van der Waals surface area contributed by atoms with Crippen molar-refractivity contribution in [1.29, 1.82) is 0 Å². The van der Waals surface area contributed by atoms with Crippen molar-refractivity contribution in [3.05, 3.63) is 42.4 Å². The third kappa shape index (κ3) is 3.40. The van der Waals surface area contributed by atoms with Gasteiger partial charge in [0.15, 0.2) is 6.23 Å². The number of benzene rings is 1. The molecule has 0 bridgehead atoms. The number of hydrogen-bond donors (Lipinski definition) is 4. The van der Waals surface area contributed by atoms with Gasteiger partial charge in [0.25, 0.3) is 10.0 Å². The van der Waals surface area contributed by atoms with E-state index in [9.17, 15) is 18.6 Å². The predicted molar refractivity (Wildman–Crippen MR) is 119 cm³/mol. The van der Waals surface area contributed by atoms with E-state index in [0.717, 1.165) is 9.87 Å². The normalized spacial score (nSPS) is 26.4. The van der Waals surface area contributed by atoms with Crippen LogP contribution in [0.2, 0.25) is 0 Å². The molecule has 0 amide bonds. The molecule has 2 aromatic heterocycles. The number of guanidine groups is 1. The number of nitrogens with zero attached hydrogens (tertiary/aromatic N) is 5. The number of aliphatic imine (C=N–C) groups is 1. The van der Waals surface area contributed by atoms with E-state index in [1.165, 1.54) is 19.4 Å². The van der Waals surface area contributed by atoms with Crippen LogP contribution in [-0.4, -0.2) is 68.8 Å². The first-order valence-electron chi connectivity index (χ1n) is 10.2. The van der Waals surface area contributed by atoms with Gasteiger partial charge in [-0.2, -0.15) is 0 Å². The van der Waals surface area contributed by atoms with Crippen LogP contribution in [-0.2, 0) is 21.2 Å². The fourth-order valence-electron chi connectivity index (χ4n) is 4.19. The molecule has 12 nitrogen and oxygen atoms in total. The molecule has 1 aromatic carbocycles. The van der Waals surface area contributed by atoms with Crippen LogP contribution >= 0.6 is 0 Å². The van der Waals surface area contributed by atoms with E-state index < -0.39 is 34.6 Å². The van der Waals surface area contributed by atoms with Crippen LogP contribution in [0, 0.1) is 0 Å². The number of aliphatic hydroxyl groups excluding tert-OH is 2. The third-order valence-electron chi connectivity index (χ3n) is 6.09. The number of sulfonamides is 1. The average molecular weight is 474 g/mol. The smallest absolute Gasteiger partial charge is 0.268 e. The van der Waals surface area contributed by atoms with E-state index in [1.807, 2.05) is 0 Å². The molecule has 0 saturated carbocycles. The first kappa shape index (κ1) is 21.6. The maximum atomic E-state index is 12.5. The molecule has 6 N–H and O–H groups in total. The number of aryl methyl sites for hydroxylation is 1. The number of hydrogen-bond acceptors (Lipinski definition) is 10. The van der Waals surface area contributed by atoms with Crippen molar-refractivity contribution in [1.82, 2.24) is 18.8 Å². The minimum absolute atomic E-state index is 0.0799. The minimum atomic E-state index is -3.73. The first-order valence-corrected chi connectivity index (χ1v) is 11.7. The Balaban J connectivity index is 1.34. The fourth-order valence-corrected chi connectivity index (χ4v) is 5.38. The molecule has 174 valence electrons. The topological polar surface area (TPSA) is 182 Å². The molecule has 5 rings (SSSR count). The van der Waals surface area contributed by atoms with Gasteiger partial charge in [0.05, 0.1) is 17.2 Å². The number of aromatic nitrogens is 3.